The first kappa shape index (κ1) is 10.7. The van der Waals surface area contributed by atoms with E-state index in [0.717, 1.165) is 5.75 Å². The van der Waals surface area contributed by atoms with Crippen molar-refractivity contribution in [2.45, 2.75) is 12.5 Å². The summed E-state index contributed by atoms with van der Waals surface area (Å²) in [6, 6.07) is -0.541. The minimum absolute atomic E-state index is 0.163. The first-order valence-electron chi connectivity index (χ1n) is 3.42. The van der Waals surface area contributed by atoms with Gasteiger partial charge >= 0.3 is 0 Å². The normalized spacial score (nSPS) is 12.9. The Balaban J connectivity index is 3.17. The molecule has 0 spiro atoms. The van der Waals surface area contributed by atoms with Crippen LogP contribution in [0, 0.1) is 0 Å². The maximum atomic E-state index is 10.4. The van der Waals surface area contributed by atoms with Gasteiger partial charge in [0.1, 0.15) is 0 Å². The molecule has 0 rings (SSSR count). The maximum absolute atomic E-state index is 10.4. The number of carbonyl (C=O) groups is 1. The molecule has 1 amide bonds. The van der Waals surface area contributed by atoms with Crippen molar-refractivity contribution in [3.05, 3.63) is 0 Å². The van der Waals surface area contributed by atoms with Crippen molar-refractivity contribution >= 4 is 17.7 Å². The standard InChI is InChI=1S/C6H14N2O2S/c7-5(6(8)10)1-3-11-4-2-9/h5,9H,1-4,7H2,(H2,8,10). The number of primary amides is 1. The van der Waals surface area contributed by atoms with Crippen LogP contribution < -0.4 is 11.5 Å². The molecule has 5 heteroatoms. The average Bonchev–Trinajstić information content (AvgIpc) is 1.97. The van der Waals surface area contributed by atoms with E-state index < -0.39 is 11.9 Å². The molecule has 0 heterocycles. The van der Waals surface area contributed by atoms with Crippen molar-refractivity contribution in [3.63, 3.8) is 0 Å². The smallest absolute Gasteiger partial charge is 0.234 e. The van der Waals surface area contributed by atoms with E-state index in [4.69, 9.17) is 16.6 Å². The fourth-order valence-electron chi connectivity index (χ4n) is 0.519. The summed E-state index contributed by atoms with van der Waals surface area (Å²) in [6.07, 6.45) is 0.583. The molecule has 0 saturated heterocycles. The molecule has 1 unspecified atom stereocenters. The lowest BCUT2D eigenvalue weighted by Crippen LogP contribution is -2.36. The molecule has 0 radical (unpaired) electrons. The van der Waals surface area contributed by atoms with Crippen LogP contribution >= 0.6 is 11.8 Å². The molecule has 0 aliphatic rings. The zero-order chi connectivity index (χ0) is 8.69. The van der Waals surface area contributed by atoms with Crippen LogP contribution in [-0.2, 0) is 4.79 Å². The molecule has 0 saturated carbocycles. The summed E-state index contributed by atoms with van der Waals surface area (Å²) < 4.78 is 0. The second-order valence-corrected chi connectivity index (χ2v) is 3.36. The SMILES string of the molecule is NC(=O)C(N)CCSCCO. The first-order chi connectivity index (χ1) is 5.18. The van der Waals surface area contributed by atoms with E-state index in [1.54, 1.807) is 11.8 Å². The van der Waals surface area contributed by atoms with Crippen molar-refractivity contribution in [2.75, 3.05) is 18.1 Å². The van der Waals surface area contributed by atoms with Crippen LogP contribution in [0.25, 0.3) is 0 Å². The van der Waals surface area contributed by atoms with Crippen LogP contribution in [0.2, 0.25) is 0 Å². The lowest BCUT2D eigenvalue weighted by Gasteiger charge is -2.05. The topological polar surface area (TPSA) is 89.3 Å². The third-order valence-electron chi connectivity index (χ3n) is 1.17. The summed E-state index contributed by atoms with van der Waals surface area (Å²) in [4.78, 5) is 10.4. The second-order valence-electron chi connectivity index (χ2n) is 2.13. The predicted octanol–water partition coefficient (Wildman–Crippen LogP) is -1.09. The minimum atomic E-state index is -0.541. The average molecular weight is 178 g/mol. The molecule has 0 bridgehead atoms. The van der Waals surface area contributed by atoms with Crippen LogP contribution in [0.3, 0.4) is 0 Å². The second kappa shape index (κ2) is 6.45. The Bertz CT molecular complexity index is 121. The third kappa shape index (κ3) is 6.15. The van der Waals surface area contributed by atoms with Crippen LogP contribution in [0.5, 0.6) is 0 Å². The number of nitrogens with two attached hydrogens (primary N) is 2. The molecule has 4 nitrogen and oxygen atoms in total. The number of carbonyl (C=O) groups excluding carboxylic acids is 1. The van der Waals surface area contributed by atoms with E-state index in [2.05, 4.69) is 0 Å². The summed E-state index contributed by atoms with van der Waals surface area (Å²) in [5.41, 5.74) is 10.3. The van der Waals surface area contributed by atoms with Crippen molar-refractivity contribution in [3.8, 4) is 0 Å². The highest BCUT2D eigenvalue weighted by molar-refractivity contribution is 7.99. The van der Waals surface area contributed by atoms with Gasteiger partial charge in [-0.3, -0.25) is 4.79 Å². The highest BCUT2D eigenvalue weighted by Crippen LogP contribution is 2.02. The molecule has 0 aliphatic carbocycles. The van der Waals surface area contributed by atoms with E-state index >= 15 is 0 Å². The lowest BCUT2D eigenvalue weighted by molar-refractivity contribution is -0.119. The summed E-state index contributed by atoms with van der Waals surface area (Å²) in [5, 5.41) is 8.40. The molecule has 5 N–H and O–H groups in total. The number of hydrogen-bond donors (Lipinski definition) is 3. The molecule has 0 aromatic carbocycles. The van der Waals surface area contributed by atoms with Crippen LogP contribution in [0.4, 0.5) is 0 Å². The van der Waals surface area contributed by atoms with Crippen molar-refractivity contribution in [1.29, 1.82) is 0 Å². The fourth-order valence-corrected chi connectivity index (χ4v) is 1.27. The van der Waals surface area contributed by atoms with Gasteiger partial charge in [0.2, 0.25) is 5.91 Å². The van der Waals surface area contributed by atoms with Gasteiger partial charge in [-0.25, -0.2) is 0 Å². The van der Waals surface area contributed by atoms with E-state index in [-0.39, 0.29) is 6.61 Å². The number of amides is 1. The first-order valence-corrected chi connectivity index (χ1v) is 4.57. The highest BCUT2D eigenvalue weighted by atomic mass is 32.2. The van der Waals surface area contributed by atoms with Gasteiger partial charge in [0, 0.05) is 5.75 Å². The van der Waals surface area contributed by atoms with Gasteiger partial charge in [-0.1, -0.05) is 0 Å². The van der Waals surface area contributed by atoms with Gasteiger partial charge in [0.15, 0.2) is 0 Å². The maximum Gasteiger partial charge on any atom is 0.234 e. The molecular formula is C6H14N2O2S. The van der Waals surface area contributed by atoms with Gasteiger partial charge in [-0.15, -0.1) is 0 Å². The Morgan fingerprint density at radius 1 is 1.55 bits per heavy atom. The van der Waals surface area contributed by atoms with E-state index in [0.29, 0.717) is 12.2 Å². The van der Waals surface area contributed by atoms with E-state index in [9.17, 15) is 4.79 Å². The molecule has 66 valence electrons. The number of hydrogen-bond acceptors (Lipinski definition) is 4. The Morgan fingerprint density at radius 2 is 2.18 bits per heavy atom. The minimum Gasteiger partial charge on any atom is -0.396 e. The highest BCUT2D eigenvalue weighted by Gasteiger charge is 2.07. The molecule has 0 aromatic rings. The number of aliphatic hydroxyl groups is 1. The zero-order valence-corrected chi connectivity index (χ0v) is 7.14. The molecule has 11 heavy (non-hydrogen) atoms. The number of aliphatic hydroxyl groups excluding tert-OH is 1. The molecule has 0 fully saturated rings. The fraction of sp³-hybridized carbons (Fsp3) is 0.833. The summed E-state index contributed by atoms with van der Waals surface area (Å²) >= 11 is 1.56. The zero-order valence-electron chi connectivity index (χ0n) is 6.32. The number of rotatable bonds is 6. The molecule has 1 atom stereocenters. The van der Waals surface area contributed by atoms with Crippen molar-refractivity contribution < 1.29 is 9.90 Å². The summed E-state index contributed by atoms with van der Waals surface area (Å²) in [5.74, 6) is 0.991. The Labute approximate surface area is 70.3 Å². The molecule has 0 aromatic heterocycles. The summed E-state index contributed by atoms with van der Waals surface area (Å²) in [7, 11) is 0. The third-order valence-corrected chi connectivity index (χ3v) is 2.17. The quantitative estimate of drug-likeness (QED) is 0.451. The van der Waals surface area contributed by atoms with Gasteiger partial charge in [-0.2, -0.15) is 11.8 Å². The lowest BCUT2D eigenvalue weighted by atomic mass is 10.2. The number of thioether (sulfide) groups is 1. The van der Waals surface area contributed by atoms with Crippen LogP contribution in [0.1, 0.15) is 6.42 Å². The van der Waals surface area contributed by atoms with Gasteiger partial charge in [-0.05, 0) is 12.2 Å². The van der Waals surface area contributed by atoms with Crippen molar-refractivity contribution in [2.24, 2.45) is 11.5 Å². The molecule has 0 aliphatic heterocycles. The van der Waals surface area contributed by atoms with Crippen molar-refractivity contribution in [1.82, 2.24) is 0 Å². The van der Waals surface area contributed by atoms with Crippen LogP contribution in [0.15, 0.2) is 0 Å². The molecular weight excluding hydrogens is 164 g/mol. The van der Waals surface area contributed by atoms with E-state index in [1.807, 2.05) is 0 Å². The monoisotopic (exact) mass is 178 g/mol. The van der Waals surface area contributed by atoms with E-state index in [1.165, 1.54) is 0 Å². The summed E-state index contributed by atoms with van der Waals surface area (Å²) in [6.45, 7) is 0.163. The van der Waals surface area contributed by atoms with Crippen LogP contribution in [-0.4, -0.2) is 35.2 Å². The predicted molar refractivity (Wildman–Crippen MR) is 46.2 cm³/mol. The Kier molecular flexibility index (Phi) is 6.30. The van der Waals surface area contributed by atoms with Gasteiger partial charge in [0.05, 0.1) is 12.6 Å². The largest absolute Gasteiger partial charge is 0.396 e. The van der Waals surface area contributed by atoms with Gasteiger partial charge < -0.3 is 16.6 Å². The Morgan fingerprint density at radius 3 is 2.64 bits per heavy atom. The van der Waals surface area contributed by atoms with Gasteiger partial charge in [0.25, 0.3) is 0 Å². The Hall–Kier alpha value is -0.260.